The van der Waals surface area contributed by atoms with E-state index in [1.807, 2.05) is 4.40 Å². The number of thiazole rings is 1. The number of rotatable bonds is 3. The molecule has 0 unspecified atom stereocenters. The monoisotopic (exact) mass is 264 g/mol. The average molecular weight is 264 g/mol. The molecule has 3 heterocycles. The number of carbonyl (C=O) groups excluding carboxylic acids is 1. The molecule has 5 heteroatoms. The maximum Gasteiger partial charge on any atom is 0.194 e. The minimum atomic E-state index is 0.371. The number of fused-ring (bicyclic) bond motifs is 1. The van der Waals surface area contributed by atoms with E-state index in [0.717, 1.165) is 55.1 Å². The molecule has 0 N–H and O–H groups in total. The highest BCUT2D eigenvalue weighted by Crippen LogP contribution is 2.31. The van der Waals surface area contributed by atoms with Crippen LogP contribution in [-0.4, -0.2) is 28.9 Å². The fraction of sp³-hybridized carbons (Fsp3) is 0.538. The Morgan fingerprint density at radius 3 is 3.00 bits per heavy atom. The third kappa shape index (κ3) is 1.78. The van der Waals surface area contributed by atoms with E-state index in [2.05, 4.69) is 17.3 Å². The molecule has 0 atom stereocenters. The molecular formula is C13H16N2O2S. The van der Waals surface area contributed by atoms with Crippen LogP contribution >= 0.6 is 11.3 Å². The zero-order valence-electron chi connectivity index (χ0n) is 10.4. The van der Waals surface area contributed by atoms with E-state index in [1.54, 1.807) is 11.3 Å². The van der Waals surface area contributed by atoms with Gasteiger partial charge in [-0.1, -0.05) is 6.92 Å². The number of hydrogen-bond donors (Lipinski definition) is 0. The molecule has 4 nitrogen and oxygen atoms in total. The first kappa shape index (κ1) is 11.9. The molecule has 0 spiro atoms. The Labute approximate surface area is 110 Å². The van der Waals surface area contributed by atoms with Crippen LogP contribution in [0, 0.1) is 0 Å². The Morgan fingerprint density at radius 1 is 1.56 bits per heavy atom. The van der Waals surface area contributed by atoms with Gasteiger partial charge in [0.25, 0.3) is 0 Å². The summed E-state index contributed by atoms with van der Waals surface area (Å²) in [6, 6.07) is 0. The molecule has 0 aromatic carbocycles. The fourth-order valence-corrected chi connectivity index (χ4v) is 3.57. The Kier molecular flexibility index (Phi) is 3.18. The first-order valence-corrected chi connectivity index (χ1v) is 7.24. The van der Waals surface area contributed by atoms with E-state index < -0.39 is 0 Å². The summed E-state index contributed by atoms with van der Waals surface area (Å²) in [5, 5.41) is 2.09. The summed E-state index contributed by atoms with van der Waals surface area (Å²) in [5.74, 6) is 0.371. The molecule has 1 fully saturated rings. The van der Waals surface area contributed by atoms with Gasteiger partial charge >= 0.3 is 0 Å². The minimum Gasteiger partial charge on any atom is -0.381 e. The molecule has 96 valence electrons. The Balaban J connectivity index is 2.11. The van der Waals surface area contributed by atoms with Gasteiger partial charge in [-0.25, -0.2) is 4.98 Å². The second-order valence-electron chi connectivity index (χ2n) is 4.59. The van der Waals surface area contributed by atoms with Crippen molar-refractivity contribution in [3.63, 3.8) is 0 Å². The van der Waals surface area contributed by atoms with Gasteiger partial charge in [0.05, 0.1) is 5.69 Å². The van der Waals surface area contributed by atoms with E-state index in [9.17, 15) is 4.79 Å². The molecule has 2 aromatic heterocycles. The molecule has 1 saturated heterocycles. The van der Waals surface area contributed by atoms with Crippen LogP contribution in [0.3, 0.4) is 0 Å². The standard InChI is InChI=1S/C13H16N2O2S/c1-2-10-8-18-13-14-12(11(7-16)15(10)13)9-3-5-17-6-4-9/h7-9H,2-6H2,1H3. The fourth-order valence-electron chi connectivity index (χ4n) is 2.58. The zero-order valence-corrected chi connectivity index (χ0v) is 11.2. The molecule has 0 saturated carbocycles. The van der Waals surface area contributed by atoms with Crippen LogP contribution in [0.1, 0.15) is 47.6 Å². The number of carbonyl (C=O) groups is 1. The molecule has 0 amide bonds. The van der Waals surface area contributed by atoms with E-state index in [1.165, 1.54) is 5.69 Å². The zero-order chi connectivity index (χ0) is 12.5. The van der Waals surface area contributed by atoms with Crippen molar-refractivity contribution in [2.45, 2.75) is 32.1 Å². The van der Waals surface area contributed by atoms with Crippen LogP contribution in [0.15, 0.2) is 5.38 Å². The third-order valence-corrected chi connectivity index (χ3v) is 4.45. The molecule has 18 heavy (non-hydrogen) atoms. The SMILES string of the molecule is CCc1csc2nc(C3CCOCC3)c(C=O)n12. The van der Waals surface area contributed by atoms with Crippen molar-refractivity contribution in [1.82, 2.24) is 9.38 Å². The van der Waals surface area contributed by atoms with Gasteiger partial charge in [-0.3, -0.25) is 9.20 Å². The van der Waals surface area contributed by atoms with Crippen molar-refractivity contribution in [2.24, 2.45) is 0 Å². The number of hydrogen-bond acceptors (Lipinski definition) is 4. The number of aldehydes is 1. The topological polar surface area (TPSA) is 43.6 Å². The first-order chi connectivity index (χ1) is 8.85. The van der Waals surface area contributed by atoms with Crippen LogP contribution < -0.4 is 0 Å². The average Bonchev–Trinajstić information content (AvgIpc) is 2.97. The number of nitrogens with zero attached hydrogens (tertiary/aromatic N) is 2. The van der Waals surface area contributed by atoms with Crippen LogP contribution in [-0.2, 0) is 11.2 Å². The summed E-state index contributed by atoms with van der Waals surface area (Å²) in [5.41, 5.74) is 2.88. The molecule has 0 aliphatic carbocycles. The second kappa shape index (κ2) is 4.82. The smallest absolute Gasteiger partial charge is 0.194 e. The maximum absolute atomic E-state index is 11.4. The Morgan fingerprint density at radius 2 is 2.33 bits per heavy atom. The summed E-state index contributed by atoms with van der Waals surface area (Å²) in [7, 11) is 0. The summed E-state index contributed by atoms with van der Waals surface area (Å²) in [6.45, 7) is 3.65. The number of aryl methyl sites for hydroxylation is 1. The lowest BCUT2D eigenvalue weighted by atomic mass is 9.95. The van der Waals surface area contributed by atoms with Gasteiger partial charge in [-0.2, -0.15) is 0 Å². The molecule has 0 bridgehead atoms. The molecule has 1 aliphatic rings. The van der Waals surface area contributed by atoms with Gasteiger partial charge < -0.3 is 4.74 Å². The summed E-state index contributed by atoms with van der Waals surface area (Å²) < 4.78 is 7.39. The Hall–Kier alpha value is -1.20. The van der Waals surface area contributed by atoms with Crippen LogP contribution in [0.25, 0.3) is 4.96 Å². The Bertz CT molecular complexity index is 567. The van der Waals surface area contributed by atoms with Crippen LogP contribution in [0.4, 0.5) is 0 Å². The van der Waals surface area contributed by atoms with Gasteiger partial charge in [0.2, 0.25) is 0 Å². The second-order valence-corrected chi connectivity index (χ2v) is 5.42. The van der Waals surface area contributed by atoms with Gasteiger partial charge in [0.15, 0.2) is 11.2 Å². The molecule has 1 aliphatic heterocycles. The molecular weight excluding hydrogens is 248 g/mol. The normalized spacial score (nSPS) is 17.4. The summed E-state index contributed by atoms with van der Waals surface area (Å²) in [4.78, 5) is 17.0. The maximum atomic E-state index is 11.4. The first-order valence-electron chi connectivity index (χ1n) is 6.36. The van der Waals surface area contributed by atoms with E-state index in [4.69, 9.17) is 4.74 Å². The van der Waals surface area contributed by atoms with Crippen LogP contribution in [0.2, 0.25) is 0 Å². The summed E-state index contributed by atoms with van der Waals surface area (Å²) >= 11 is 1.61. The van der Waals surface area contributed by atoms with Crippen molar-refractivity contribution in [3.8, 4) is 0 Å². The van der Waals surface area contributed by atoms with Gasteiger partial charge in [0.1, 0.15) is 5.69 Å². The highest BCUT2D eigenvalue weighted by atomic mass is 32.1. The molecule has 0 radical (unpaired) electrons. The van der Waals surface area contributed by atoms with Crippen molar-refractivity contribution < 1.29 is 9.53 Å². The molecule has 3 rings (SSSR count). The summed E-state index contributed by atoms with van der Waals surface area (Å²) in [6.07, 6.45) is 3.81. The van der Waals surface area contributed by atoms with Gasteiger partial charge in [0, 0.05) is 30.2 Å². The van der Waals surface area contributed by atoms with E-state index in [0.29, 0.717) is 5.92 Å². The number of ether oxygens (including phenoxy) is 1. The van der Waals surface area contributed by atoms with Crippen LogP contribution in [0.5, 0.6) is 0 Å². The van der Waals surface area contributed by atoms with Crippen molar-refractivity contribution in [3.05, 3.63) is 22.5 Å². The van der Waals surface area contributed by atoms with Gasteiger partial charge in [-0.15, -0.1) is 11.3 Å². The minimum absolute atomic E-state index is 0.371. The van der Waals surface area contributed by atoms with Crippen molar-refractivity contribution in [2.75, 3.05) is 13.2 Å². The molecule has 2 aromatic rings. The van der Waals surface area contributed by atoms with E-state index in [-0.39, 0.29) is 0 Å². The lowest BCUT2D eigenvalue weighted by Gasteiger charge is -2.20. The van der Waals surface area contributed by atoms with Gasteiger partial charge in [-0.05, 0) is 19.3 Å². The third-order valence-electron chi connectivity index (χ3n) is 3.58. The highest BCUT2D eigenvalue weighted by molar-refractivity contribution is 7.15. The van der Waals surface area contributed by atoms with E-state index >= 15 is 0 Å². The predicted molar refractivity (Wildman–Crippen MR) is 70.6 cm³/mol. The lowest BCUT2D eigenvalue weighted by Crippen LogP contribution is -2.15. The number of imidazole rings is 1. The van der Waals surface area contributed by atoms with Crippen molar-refractivity contribution in [1.29, 1.82) is 0 Å². The lowest BCUT2D eigenvalue weighted by molar-refractivity contribution is 0.0841. The predicted octanol–water partition coefficient (Wildman–Crippen LogP) is 2.66. The largest absolute Gasteiger partial charge is 0.381 e. The highest BCUT2D eigenvalue weighted by Gasteiger charge is 2.24. The number of aromatic nitrogens is 2. The van der Waals surface area contributed by atoms with Crippen molar-refractivity contribution >= 4 is 22.6 Å². The quantitative estimate of drug-likeness (QED) is 0.800.